The van der Waals surface area contributed by atoms with Crippen molar-refractivity contribution in [3.05, 3.63) is 124 Å². The second kappa shape index (κ2) is 16.1. The number of nitrogens with zero attached hydrogens (tertiary/aromatic N) is 2. The number of hydrogen-bond donors (Lipinski definition) is 1. The van der Waals surface area contributed by atoms with E-state index < -0.39 is 28.5 Å². The standard InChI is InChI=1S/C37H42BrN3O5S/c1-6-28(4)39-37(43)34(22-29-10-8-7-9-11-29)40(24-30-16-12-26(2)13-17-30)36(42)25-41(31-18-14-27(3)15-19-31)47(44,45)32-20-21-35(46-5)33(38)23-32/h7-21,23,28,34H,6,22,24-25H2,1-5H3,(H,39,43). The summed E-state index contributed by atoms with van der Waals surface area (Å²) in [7, 11) is -2.75. The van der Waals surface area contributed by atoms with Gasteiger partial charge in [-0.25, -0.2) is 8.42 Å². The molecule has 0 saturated heterocycles. The average molecular weight is 721 g/mol. The molecule has 0 fully saturated rings. The quantitative estimate of drug-likeness (QED) is 0.154. The van der Waals surface area contributed by atoms with E-state index in [1.807, 2.05) is 82.3 Å². The fourth-order valence-corrected chi connectivity index (χ4v) is 7.19. The van der Waals surface area contributed by atoms with Gasteiger partial charge < -0.3 is 15.0 Å². The predicted octanol–water partition coefficient (Wildman–Crippen LogP) is 6.82. The first-order valence-electron chi connectivity index (χ1n) is 15.5. The summed E-state index contributed by atoms with van der Waals surface area (Å²) in [5.74, 6) is -0.336. The fraction of sp³-hybridized carbons (Fsp3) is 0.297. The second-order valence-corrected chi connectivity index (χ2v) is 14.4. The molecule has 2 unspecified atom stereocenters. The minimum Gasteiger partial charge on any atom is -0.496 e. The highest BCUT2D eigenvalue weighted by Crippen LogP contribution is 2.31. The van der Waals surface area contributed by atoms with E-state index in [0.717, 1.165) is 26.6 Å². The molecule has 0 spiro atoms. The van der Waals surface area contributed by atoms with Crippen molar-refractivity contribution in [2.24, 2.45) is 0 Å². The lowest BCUT2D eigenvalue weighted by Gasteiger charge is -2.34. The molecular formula is C37H42BrN3O5S. The first-order chi connectivity index (χ1) is 22.4. The van der Waals surface area contributed by atoms with Crippen molar-refractivity contribution in [3.8, 4) is 5.75 Å². The number of carbonyl (C=O) groups is 2. The molecule has 0 heterocycles. The van der Waals surface area contributed by atoms with Gasteiger partial charge in [-0.1, -0.05) is 84.8 Å². The van der Waals surface area contributed by atoms with Gasteiger partial charge in [0.05, 0.1) is 22.2 Å². The number of methoxy groups -OCH3 is 1. The van der Waals surface area contributed by atoms with Crippen LogP contribution < -0.4 is 14.4 Å². The van der Waals surface area contributed by atoms with Crippen molar-refractivity contribution >= 4 is 43.5 Å². The molecule has 0 aliphatic heterocycles. The van der Waals surface area contributed by atoms with Crippen LogP contribution in [0, 0.1) is 13.8 Å². The van der Waals surface area contributed by atoms with Crippen LogP contribution >= 0.6 is 15.9 Å². The third kappa shape index (κ3) is 9.23. The van der Waals surface area contributed by atoms with Gasteiger partial charge in [0.15, 0.2) is 0 Å². The maximum Gasteiger partial charge on any atom is 0.264 e. The summed E-state index contributed by atoms with van der Waals surface area (Å²) in [6.45, 7) is 7.37. The Hall–Kier alpha value is -4.15. The van der Waals surface area contributed by atoms with Crippen LogP contribution in [0.5, 0.6) is 5.75 Å². The Morgan fingerprint density at radius 2 is 1.49 bits per heavy atom. The lowest BCUT2D eigenvalue weighted by Crippen LogP contribution is -2.54. The molecule has 8 nitrogen and oxygen atoms in total. The topological polar surface area (TPSA) is 96.0 Å². The summed E-state index contributed by atoms with van der Waals surface area (Å²) < 4.78 is 35.5. The molecule has 4 rings (SSSR count). The minimum absolute atomic E-state index is 0.0148. The van der Waals surface area contributed by atoms with Crippen LogP contribution in [0.15, 0.2) is 106 Å². The first kappa shape index (κ1) is 35.7. The third-order valence-electron chi connectivity index (χ3n) is 8.06. The van der Waals surface area contributed by atoms with Gasteiger partial charge in [-0.3, -0.25) is 13.9 Å². The first-order valence-corrected chi connectivity index (χ1v) is 17.8. The molecule has 0 aromatic heterocycles. The number of halogens is 1. The number of carbonyl (C=O) groups excluding carboxylic acids is 2. The van der Waals surface area contributed by atoms with Crippen LogP contribution in [0.25, 0.3) is 0 Å². The van der Waals surface area contributed by atoms with Crippen molar-refractivity contribution in [2.75, 3.05) is 18.0 Å². The number of anilines is 1. The van der Waals surface area contributed by atoms with Gasteiger partial charge >= 0.3 is 0 Å². The van der Waals surface area contributed by atoms with Gasteiger partial charge in [-0.2, -0.15) is 0 Å². The Morgan fingerprint density at radius 3 is 2.06 bits per heavy atom. The molecule has 10 heteroatoms. The lowest BCUT2D eigenvalue weighted by atomic mass is 10.0. The van der Waals surface area contributed by atoms with E-state index in [-0.39, 0.29) is 29.8 Å². The summed E-state index contributed by atoms with van der Waals surface area (Å²) >= 11 is 3.40. The Labute approximate surface area is 286 Å². The number of ether oxygens (including phenoxy) is 1. The number of rotatable bonds is 14. The molecular weight excluding hydrogens is 678 g/mol. The molecule has 2 amide bonds. The van der Waals surface area contributed by atoms with Crippen LogP contribution in [-0.2, 0) is 32.6 Å². The predicted molar refractivity (Wildman–Crippen MR) is 190 cm³/mol. The Kier molecular flexibility index (Phi) is 12.2. The molecule has 2 atom stereocenters. The number of benzene rings is 4. The van der Waals surface area contributed by atoms with Crippen LogP contribution in [0.2, 0.25) is 0 Å². The highest BCUT2D eigenvalue weighted by Gasteiger charge is 2.35. The number of nitrogens with one attached hydrogen (secondary N) is 1. The van der Waals surface area contributed by atoms with Gasteiger partial charge in [-0.15, -0.1) is 0 Å². The van der Waals surface area contributed by atoms with E-state index in [4.69, 9.17) is 4.74 Å². The Bertz CT molecular complexity index is 1760. The molecule has 1 N–H and O–H groups in total. The molecule has 4 aromatic carbocycles. The van der Waals surface area contributed by atoms with E-state index in [2.05, 4.69) is 21.2 Å². The fourth-order valence-electron chi connectivity index (χ4n) is 5.06. The molecule has 4 aromatic rings. The van der Waals surface area contributed by atoms with Gasteiger partial charge in [0.2, 0.25) is 11.8 Å². The van der Waals surface area contributed by atoms with E-state index in [1.165, 1.54) is 24.1 Å². The Morgan fingerprint density at radius 1 is 0.872 bits per heavy atom. The summed E-state index contributed by atoms with van der Waals surface area (Å²) in [5, 5.41) is 3.06. The van der Waals surface area contributed by atoms with E-state index in [1.54, 1.807) is 30.3 Å². The monoisotopic (exact) mass is 719 g/mol. The average Bonchev–Trinajstić information content (AvgIpc) is 3.06. The van der Waals surface area contributed by atoms with Crippen LogP contribution in [0.1, 0.15) is 42.5 Å². The number of sulfonamides is 1. The highest BCUT2D eigenvalue weighted by atomic mass is 79.9. The largest absolute Gasteiger partial charge is 0.496 e. The Balaban J connectivity index is 1.81. The van der Waals surface area contributed by atoms with Crippen molar-refractivity contribution < 1.29 is 22.7 Å². The van der Waals surface area contributed by atoms with E-state index >= 15 is 0 Å². The van der Waals surface area contributed by atoms with Crippen LogP contribution in [0.3, 0.4) is 0 Å². The zero-order chi connectivity index (χ0) is 34.1. The normalized spacial score (nSPS) is 12.6. The van der Waals surface area contributed by atoms with Gasteiger partial charge in [0.1, 0.15) is 18.3 Å². The van der Waals surface area contributed by atoms with Gasteiger partial charge in [0, 0.05) is 19.0 Å². The van der Waals surface area contributed by atoms with Crippen molar-refractivity contribution in [1.29, 1.82) is 0 Å². The maximum absolute atomic E-state index is 14.6. The summed E-state index contributed by atoms with van der Waals surface area (Å²) in [6.07, 6.45) is 0.968. The maximum atomic E-state index is 14.6. The highest BCUT2D eigenvalue weighted by molar-refractivity contribution is 9.10. The SMILES string of the molecule is CCC(C)NC(=O)C(Cc1ccccc1)N(Cc1ccc(C)cc1)C(=O)CN(c1ccc(C)cc1)S(=O)(=O)c1ccc(OC)c(Br)c1. The molecule has 0 saturated carbocycles. The second-order valence-electron chi connectivity index (χ2n) is 11.7. The number of amides is 2. The molecule has 0 aliphatic carbocycles. The summed E-state index contributed by atoms with van der Waals surface area (Å²) in [5.41, 5.74) is 4.03. The lowest BCUT2D eigenvalue weighted by molar-refractivity contribution is -0.140. The van der Waals surface area contributed by atoms with Gasteiger partial charge in [-0.05, 0) is 84.6 Å². The van der Waals surface area contributed by atoms with Crippen molar-refractivity contribution in [2.45, 2.75) is 64.1 Å². The minimum atomic E-state index is -4.25. The van der Waals surface area contributed by atoms with Gasteiger partial charge in [0.25, 0.3) is 10.0 Å². The molecule has 0 aliphatic rings. The van der Waals surface area contributed by atoms with Crippen LogP contribution in [-0.4, -0.2) is 50.9 Å². The van der Waals surface area contributed by atoms with Crippen LogP contribution in [0.4, 0.5) is 5.69 Å². The molecule has 248 valence electrons. The van der Waals surface area contributed by atoms with Crippen molar-refractivity contribution in [1.82, 2.24) is 10.2 Å². The van der Waals surface area contributed by atoms with E-state index in [9.17, 15) is 18.0 Å². The molecule has 47 heavy (non-hydrogen) atoms. The third-order valence-corrected chi connectivity index (χ3v) is 10.4. The zero-order valence-corrected chi connectivity index (χ0v) is 29.8. The van der Waals surface area contributed by atoms with Crippen molar-refractivity contribution in [3.63, 3.8) is 0 Å². The number of aryl methyl sites for hydroxylation is 2. The zero-order valence-electron chi connectivity index (χ0n) is 27.4. The molecule has 0 bridgehead atoms. The molecule has 0 radical (unpaired) electrons. The smallest absolute Gasteiger partial charge is 0.264 e. The number of hydrogen-bond acceptors (Lipinski definition) is 5. The summed E-state index contributed by atoms with van der Waals surface area (Å²) in [6, 6.07) is 27.7. The van der Waals surface area contributed by atoms with E-state index in [0.29, 0.717) is 22.3 Å². The summed E-state index contributed by atoms with van der Waals surface area (Å²) in [4.78, 5) is 30.1.